The third-order valence-electron chi connectivity index (χ3n) is 1.65. The van der Waals surface area contributed by atoms with Gasteiger partial charge in [-0.25, -0.2) is 0 Å². The van der Waals surface area contributed by atoms with Crippen LogP contribution in [0.25, 0.3) is 0 Å². The van der Waals surface area contributed by atoms with Gasteiger partial charge < -0.3 is 10.0 Å². The molecule has 0 bridgehead atoms. The number of benzene rings is 1. The Morgan fingerprint density at radius 2 is 1.92 bits per heavy atom. The number of carbonyl (C=O) groups is 1. The third-order valence-corrected chi connectivity index (χ3v) is 1.65. The van der Waals surface area contributed by atoms with Gasteiger partial charge in [-0.05, 0) is 12.5 Å². The van der Waals surface area contributed by atoms with E-state index in [1.165, 1.54) is 0 Å². The van der Waals surface area contributed by atoms with E-state index in [1.54, 1.807) is 31.2 Å². The van der Waals surface area contributed by atoms with Crippen LogP contribution in [0.1, 0.15) is 15.9 Å². The maximum atomic E-state index is 11.1. The first kappa shape index (κ1) is 8.97. The van der Waals surface area contributed by atoms with Crippen LogP contribution < -0.4 is 0 Å². The van der Waals surface area contributed by atoms with Crippen molar-refractivity contribution in [1.82, 2.24) is 0 Å². The van der Waals surface area contributed by atoms with E-state index in [1.807, 2.05) is 0 Å². The highest BCUT2D eigenvalue weighted by Gasteiger charge is 2.22. The summed E-state index contributed by atoms with van der Waals surface area (Å²) >= 11 is 0. The zero-order chi connectivity index (χ0) is 9.14. The van der Waals surface area contributed by atoms with Gasteiger partial charge in [0.2, 0.25) is 0 Å². The summed E-state index contributed by atoms with van der Waals surface area (Å²) in [6.07, 6.45) is 0. The molecular weight excluding hydrogens is 155 g/mol. The molecule has 0 aromatic heterocycles. The Bertz CT molecular complexity index is 296. The van der Waals surface area contributed by atoms with Crippen molar-refractivity contribution in [3.8, 4) is 0 Å². The fourth-order valence-electron chi connectivity index (χ4n) is 0.988. The molecule has 0 amide bonds. The Labute approximate surface area is 70.8 Å². The van der Waals surface area contributed by atoms with Crippen LogP contribution >= 0.6 is 0 Å². The molecule has 0 saturated carbocycles. The second-order valence-electron chi connectivity index (χ2n) is 2.55. The lowest BCUT2D eigenvalue weighted by Crippen LogP contribution is -2.26. The topological polar surface area (TPSA) is 57.5 Å². The fraction of sp³-hybridized carbons (Fsp3) is 0.125. The molecule has 0 atom stereocenters. The van der Waals surface area contributed by atoms with E-state index < -0.39 is 12.8 Å². The van der Waals surface area contributed by atoms with Crippen molar-refractivity contribution in [2.24, 2.45) is 0 Å². The standard InChI is InChI=1S/C8H9BO3/c1-6-4-2-3-5-7(6)8(10)9(11)12/h2-5,11-12H,1H3. The summed E-state index contributed by atoms with van der Waals surface area (Å²) in [6.45, 7) is 1.75. The molecule has 0 radical (unpaired) electrons. The minimum Gasteiger partial charge on any atom is -0.421 e. The summed E-state index contributed by atoms with van der Waals surface area (Å²) in [6, 6.07) is 6.78. The lowest BCUT2D eigenvalue weighted by atomic mass is 9.79. The zero-order valence-electron chi connectivity index (χ0n) is 6.69. The second kappa shape index (κ2) is 3.52. The van der Waals surface area contributed by atoms with Gasteiger partial charge in [0.05, 0.1) is 0 Å². The maximum absolute atomic E-state index is 11.1. The summed E-state index contributed by atoms with van der Waals surface area (Å²) in [4.78, 5) is 11.1. The highest BCUT2D eigenvalue weighted by atomic mass is 16.4. The summed E-state index contributed by atoms with van der Waals surface area (Å²) in [5, 5.41) is 17.2. The molecule has 0 aliphatic carbocycles. The van der Waals surface area contributed by atoms with Crippen LogP contribution in [0.3, 0.4) is 0 Å². The van der Waals surface area contributed by atoms with Gasteiger partial charge in [-0.15, -0.1) is 0 Å². The van der Waals surface area contributed by atoms with Crippen LogP contribution in [0.15, 0.2) is 24.3 Å². The molecule has 0 unspecified atom stereocenters. The minimum absolute atomic E-state index is 0.354. The van der Waals surface area contributed by atoms with Gasteiger partial charge in [0.25, 0.3) is 0 Å². The van der Waals surface area contributed by atoms with Crippen molar-refractivity contribution in [1.29, 1.82) is 0 Å². The SMILES string of the molecule is Cc1ccccc1C(=O)B(O)O. The quantitative estimate of drug-likeness (QED) is 0.613. The van der Waals surface area contributed by atoms with Gasteiger partial charge in [0.15, 0.2) is 5.68 Å². The average molecular weight is 164 g/mol. The van der Waals surface area contributed by atoms with Gasteiger partial charge in [0, 0.05) is 5.56 Å². The molecule has 0 heterocycles. The van der Waals surface area contributed by atoms with Crippen molar-refractivity contribution >= 4 is 12.8 Å². The summed E-state index contributed by atoms with van der Waals surface area (Å²) in [5.41, 5.74) is 0.441. The van der Waals surface area contributed by atoms with E-state index in [0.717, 1.165) is 5.56 Å². The number of hydrogen-bond donors (Lipinski definition) is 2. The van der Waals surface area contributed by atoms with E-state index >= 15 is 0 Å². The summed E-state index contributed by atoms with van der Waals surface area (Å²) < 4.78 is 0. The molecule has 3 nitrogen and oxygen atoms in total. The van der Waals surface area contributed by atoms with Crippen molar-refractivity contribution in [2.75, 3.05) is 0 Å². The van der Waals surface area contributed by atoms with Crippen molar-refractivity contribution in [3.05, 3.63) is 35.4 Å². The van der Waals surface area contributed by atoms with Crippen molar-refractivity contribution < 1.29 is 14.8 Å². The molecule has 1 aromatic rings. The first-order valence-corrected chi connectivity index (χ1v) is 3.59. The Kier molecular flexibility index (Phi) is 2.63. The fourth-order valence-corrected chi connectivity index (χ4v) is 0.988. The normalized spacial score (nSPS) is 9.58. The smallest absolute Gasteiger partial charge is 0.421 e. The molecule has 4 heteroatoms. The van der Waals surface area contributed by atoms with Crippen LogP contribution in [0, 0.1) is 6.92 Å². The lowest BCUT2D eigenvalue weighted by molar-refractivity contribution is 0.103. The minimum atomic E-state index is -1.91. The van der Waals surface area contributed by atoms with Crippen molar-refractivity contribution in [3.63, 3.8) is 0 Å². The van der Waals surface area contributed by atoms with Gasteiger partial charge in [-0.3, -0.25) is 4.79 Å². The molecular formula is C8H9BO3. The zero-order valence-corrected chi connectivity index (χ0v) is 6.69. The molecule has 1 aromatic carbocycles. The molecule has 12 heavy (non-hydrogen) atoms. The Morgan fingerprint density at radius 1 is 1.33 bits per heavy atom. The molecule has 1 rings (SSSR count). The lowest BCUT2D eigenvalue weighted by Gasteiger charge is -2.01. The monoisotopic (exact) mass is 164 g/mol. The molecule has 0 spiro atoms. The van der Waals surface area contributed by atoms with E-state index in [4.69, 9.17) is 10.0 Å². The first-order valence-electron chi connectivity index (χ1n) is 3.59. The average Bonchev–Trinajstić information content (AvgIpc) is 2.04. The van der Waals surface area contributed by atoms with Gasteiger partial charge in [0.1, 0.15) is 0 Å². The number of carbonyl (C=O) groups excluding carboxylic acids is 1. The van der Waals surface area contributed by atoms with Crippen LogP contribution in [0.5, 0.6) is 0 Å². The van der Waals surface area contributed by atoms with Crippen molar-refractivity contribution in [2.45, 2.75) is 6.92 Å². The number of rotatable bonds is 2. The van der Waals surface area contributed by atoms with E-state index in [9.17, 15) is 4.79 Å². The molecule has 0 fully saturated rings. The van der Waals surface area contributed by atoms with E-state index in [2.05, 4.69) is 0 Å². The largest absolute Gasteiger partial charge is 0.532 e. The summed E-state index contributed by atoms with van der Waals surface area (Å²) in [5.74, 6) is 0. The Balaban J connectivity index is 3.03. The van der Waals surface area contributed by atoms with Crippen LogP contribution in [0.4, 0.5) is 0 Å². The predicted molar refractivity (Wildman–Crippen MR) is 45.7 cm³/mol. The molecule has 0 aliphatic heterocycles. The van der Waals surface area contributed by atoms with E-state index in [-0.39, 0.29) is 0 Å². The van der Waals surface area contributed by atoms with Gasteiger partial charge in [-0.2, -0.15) is 0 Å². The predicted octanol–water partition coefficient (Wildman–Crippen LogP) is 0.190. The van der Waals surface area contributed by atoms with Crippen LogP contribution in [-0.2, 0) is 0 Å². The second-order valence-corrected chi connectivity index (χ2v) is 2.55. The third kappa shape index (κ3) is 1.72. The van der Waals surface area contributed by atoms with Gasteiger partial charge in [-0.1, -0.05) is 24.3 Å². The van der Waals surface area contributed by atoms with E-state index in [0.29, 0.717) is 5.56 Å². The molecule has 0 saturated heterocycles. The number of aryl methyl sites for hydroxylation is 1. The summed E-state index contributed by atoms with van der Waals surface area (Å²) in [7, 11) is -1.91. The molecule has 0 aliphatic rings. The highest BCUT2D eigenvalue weighted by Crippen LogP contribution is 2.07. The van der Waals surface area contributed by atoms with Gasteiger partial charge >= 0.3 is 7.12 Å². The highest BCUT2D eigenvalue weighted by molar-refractivity contribution is 6.81. The first-order chi connectivity index (χ1) is 5.63. The Morgan fingerprint density at radius 3 is 2.42 bits per heavy atom. The maximum Gasteiger partial charge on any atom is 0.532 e. The van der Waals surface area contributed by atoms with Crippen LogP contribution in [0.2, 0.25) is 0 Å². The molecule has 62 valence electrons. The number of hydrogen-bond acceptors (Lipinski definition) is 3. The molecule has 2 N–H and O–H groups in total. The van der Waals surface area contributed by atoms with Crippen LogP contribution in [-0.4, -0.2) is 22.8 Å². The Hall–Kier alpha value is -1.13.